The number of aliphatic hydroxyl groups is 1. The second-order valence-electron chi connectivity index (χ2n) is 2.75. The molecule has 2 atom stereocenters. The van der Waals surface area contributed by atoms with Gasteiger partial charge in [0.25, 0.3) is 0 Å². The molecule has 0 fully saturated rings. The van der Waals surface area contributed by atoms with Crippen LogP contribution >= 0.6 is 0 Å². The summed E-state index contributed by atoms with van der Waals surface area (Å²) in [6, 6.07) is 0. The smallest absolute Gasteiger partial charge is 0.0903 e. The zero-order valence-electron chi connectivity index (χ0n) is 6.69. The van der Waals surface area contributed by atoms with Gasteiger partial charge in [-0.25, -0.2) is 0 Å². The lowest BCUT2D eigenvalue weighted by Gasteiger charge is -2.13. The second kappa shape index (κ2) is 7.03. The van der Waals surface area contributed by atoms with Crippen LogP contribution in [-0.4, -0.2) is 25.7 Å². The first kappa shape index (κ1) is 13.9. The molecule has 5 heteroatoms. The third kappa shape index (κ3) is 10.4. The van der Waals surface area contributed by atoms with Crippen LogP contribution < -0.4 is 0 Å². The fraction of sp³-hybridized carbons (Fsp3) is 1.00. The van der Waals surface area contributed by atoms with Crippen molar-refractivity contribution in [3.63, 3.8) is 0 Å². The fourth-order valence-electron chi connectivity index (χ4n) is 0.769. The Morgan fingerprint density at radius 2 is 2.00 bits per heavy atom. The van der Waals surface area contributed by atoms with E-state index in [2.05, 4.69) is 0 Å². The molecular formula is C6H15ClO3S. The molecule has 2 unspecified atom stereocenters. The van der Waals surface area contributed by atoms with Crippen molar-refractivity contribution in [3.8, 4) is 0 Å². The Balaban J connectivity index is 0. The van der Waals surface area contributed by atoms with Gasteiger partial charge >= 0.3 is 0 Å². The largest absolute Gasteiger partial charge is 0.772 e. The minimum absolute atomic E-state index is 0. The Kier molecular flexibility index (Phi) is 8.90. The SMILES string of the molecule is CC(C)CC(O)CS(=O)[O-].[ClH2+]. The Labute approximate surface area is 75.9 Å². The summed E-state index contributed by atoms with van der Waals surface area (Å²) in [7, 11) is 0. The Morgan fingerprint density at radius 1 is 1.55 bits per heavy atom. The maximum absolute atomic E-state index is 10.0. The maximum atomic E-state index is 10.0. The highest BCUT2D eigenvalue weighted by atomic mass is 35.5. The van der Waals surface area contributed by atoms with Crippen LogP contribution in [0.1, 0.15) is 20.3 Å². The fourth-order valence-corrected chi connectivity index (χ4v) is 1.22. The molecule has 0 heterocycles. The van der Waals surface area contributed by atoms with Gasteiger partial charge < -0.3 is 9.66 Å². The van der Waals surface area contributed by atoms with Crippen LogP contribution in [0.25, 0.3) is 0 Å². The van der Waals surface area contributed by atoms with Crippen molar-refractivity contribution in [2.24, 2.45) is 5.92 Å². The van der Waals surface area contributed by atoms with Crippen LogP contribution in [0.3, 0.4) is 0 Å². The molecule has 0 aromatic rings. The van der Waals surface area contributed by atoms with Crippen molar-refractivity contribution in [2.45, 2.75) is 26.4 Å². The van der Waals surface area contributed by atoms with Gasteiger partial charge in [-0.3, -0.25) is 4.21 Å². The Hall–Kier alpha value is 0.360. The summed E-state index contributed by atoms with van der Waals surface area (Å²) in [5.41, 5.74) is 0. The number of aliphatic hydroxyl groups excluding tert-OH is 1. The first-order valence-corrected chi connectivity index (χ1v) is 4.50. The molecule has 0 aromatic heterocycles. The molecule has 1 N–H and O–H groups in total. The third-order valence-electron chi connectivity index (χ3n) is 1.07. The van der Waals surface area contributed by atoms with Gasteiger partial charge in [-0.2, -0.15) is 0 Å². The summed E-state index contributed by atoms with van der Waals surface area (Å²) in [4.78, 5) is 0. The van der Waals surface area contributed by atoms with Crippen molar-refractivity contribution >= 4 is 11.1 Å². The number of hydrogen-bond acceptors (Lipinski definition) is 3. The molecule has 0 saturated heterocycles. The Bertz CT molecular complexity index is 118. The molecule has 0 aliphatic heterocycles. The van der Waals surface area contributed by atoms with Crippen LogP contribution in [0.5, 0.6) is 0 Å². The molecule has 0 saturated carbocycles. The molecule has 11 heavy (non-hydrogen) atoms. The quantitative estimate of drug-likeness (QED) is 0.639. The van der Waals surface area contributed by atoms with E-state index in [1.54, 1.807) is 0 Å². The van der Waals surface area contributed by atoms with Crippen molar-refractivity contribution in [3.05, 3.63) is 0 Å². The normalized spacial score (nSPS) is 15.7. The van der Waals surface area contributed by atoms with E-state index in [1.807, 2.05) is 13.8 Å². The van der Waals surface area contributed by atoms with E-state index in [1.165, 1.54) is 0 Å². The summed E-state index contributed by atoms with van der Waals surface area (Å²) < 4.78 is 20.1. The molecule has 0 rings (SSSR count). The topological polar surface area (TPSA) is 60.4 Å². The highest BCUT2D eigenvalue weighted by molar-refractivity contribution is 7.79. The van der Waals surface area contributed by atoms with E-state index in [0.717, 1.165) is 0 Å². The van der Waals surface area contributed by atoms with Gasteiger partial charge in [-0.15, -0.1) is 0 Å². The van der Waals surface area contributed by atoms with E-state index in [-0.39, 0.29) is 18.2 Å². The summed E-state index contributed by atoms with van der Waals surface area (Å²) in [5, 5.41) is 9.00. The standard InChI is InChI=1S/C6H14O3S.ClH2/c1-5(2)3-6(7)4-10(8)9;/h5-7H,3-4H2,1-2H3,(H,8,9);1H2/q;+1/p-1. The first-order valence-electron chi connectivity index (χ1n) is 3.26. The van der Waals surface area contributed by atoms with Gasteiger partial charge in [0.2, 0.25) is 0 Å². The predicted molar refractivity (Wildman–Crippen MR) is 42.0 cm³/mol. The van der Waals surface area contributed by atoms with Crippen molar-refractivity contribution in [1.82, 2.24) is 0 Å². The van der Waals surface area contributed by atoms with Gasteiger partial charge in [-0.1, -0.05) is 24.9 Å². The summed E-state index contributed by atoms with van der Waals surface area (Å²) in [6.45, 7) is 3.88. The van der Waals surface area contributed by atoms with Crippen LogP contribution in [0.2, 0.25) is 0 Å². The van der Waals surface area contributed by atoms with Crippen molar-refractivity contribution in [2.75, 3.05) is 5.75 Å². The average molecular weight is 203 g/mol. The van der Waals surface area contributed by atoms with E-state index in [0.29, 0.717) is 12.3 Å². The highest BCUT2D eigenvalue weighted by Gasteiger charge is 2.05. The lowest BCUT2D eigenvalue weighted by atomic mass is 10.1. The van der Waals surface area contributed by atoms with E-state index < -0.39 is 17.2 Å². The lowest BCUT2D eigenvalue weighted by molar-refractivity contribution is -0.00000801. The zero-order chi connectivity index (χ0) is 8.15. The molecule has 70 valence electrons. The molecule has 0 aliphatic rings. The van der Waals surface area contributed by atoms with Crippen LogP contribution in [0, 0.1) is 18.3 Å². The van der Waals surface area contributed by atoms with Crippen molar-refractivity contribution in [1.29, 1.82) is 0 Å². The molecule has 0 aromatic carbocycles. The number of rotatable bonds is 4. The lowest BCUT2D eigenvalue weighted by Crippen LogP contribution is -2.18. The molecule has 0 amide bonds. The minimum atomic E-state index is -2.11. The predicted octanol–water partition coefficient (Wildman–Crippen LogP) is -0.263. The van der Waals surface area contributed by atoms with Gasteiger partial charge in [0.15, 0.2) is 0 Å². The third-order valence-corrected chi connectivity index (χ3v) is 1.73. The molecular weight excluding hydrogens is 188 g/mol. The van der Waals surface area contributed by atoms with Crippen molar-refractivity contribution < 1.29 is 26.3 Å². The first-order chi connectivity index (χ1) is 4.52. The van der Waals surface area contributed by atoms with Gasteiger partial charge in [0.05, 0.1) is 18.5 Å². The second-order valence-corrected chi connectivity index (χ2v) is 3.69. The molecule has 3 nitrogen and oxygen atoms in total. The van der Waals surface area contributed by atoms with E-state index in [4.69, 9.17) is 5.11 Å². The monoisotopic (exact) mass is 202 g/mol. The molecule has 0 aliphatic carbocycles. The summed E-state index contributed by atoms with van der Waals surface area (Å²) in [6.07, 6.45) is -0.146. The van der Waals surface area contributed by atoms with Crippen LogP contribution in [0.4, 0.5) is 0 Å². The van der Waals surface area contributed by atoms with Crippen LogP contribution in [-0.2, 0) is 11.1 Å². The minimum Gasteiger partial charge on any atom is -0.772 e. The molecule has 0 spiro atoms. The maximum Gasteiger partial charge on any atom is 0.0903 e. The van der Waals surface area contributed by atoms with Gasteiger partial charge in [0, 0.05) is 5.75 Å². The Morgan fingerprint density at radius 3 is 2.27 bits per heavy atom. The molecule has 0 bridgehead atoms. The summed E-state index contributed by atoms with van der Waals surface area (Å²) >= 11 is -2.11. The van der Waals surface area contributed by atoms with E-state index in [9.17, 15) is 8.76 Å². The average Bonchev–Trinajstić information content (AvgIpc) is 1.58. The number of hydrogen-bond donors (Lipinski definition) is 1. The van der Waals surface area contributed by atoms with Gasteiger partial charge in [-0.05, 0) is 12.3 Å². The van der Waals surface area contributed by atoms with Gasteiger partial charge in [0.1, 0.15) is 0 Å². The summed E-state index contributed by atoms with van der Waals surface area (Å²) in [5.74, 6) is 0.205. The zero-order valence-corrected chi connectivity index (χ0v) is 8.40. The van der Waals surface area contributed by atoms with Crippen LogP contribution in [0.15, 0.2) is 0 Å². The molecule has 0 radical (unpaired) electrons. The highest BCUT2D eigenvalue weighted by Crippen LogP contribution is 2.04. The van der Waals surface area contributed by atoms with E-state index >= 15 is 0 Å². The number of halogens is 1.